The Morgan fingerprint density at radius 3 is 1.82 bits per heavy atom. The van der Waals surface area contributed by atoms with Crippen molar-refractivity contribution < 1.29 is 0 Å². The van der Waals surface area contributed by atoms with Crippen LogP contribution in [0.25, 0.3) is 0 Å². The maximum absolute atomic E-state index is 5.66. The monoisotopic (exact) mass is 225 g/mol. The van der Waals surface area contributed by atoms with Crippen molar-refractivity contribution in [1.82, 2.24) is 0 Å². The predicted molar refractivity (Wildman–Crippen MR) is 71.9 cm³/mol. The van der Waals surface area contributed by atoms with Gasteiger partial charge in [0.15, 0.2) is 0 Å². The number of nitrogens with zero attached hydrogens (tertiary/aromatic N) is 1. The van der Waals surface area contributed by atoms with Crippen LogP contribution in [0, 0.1) is 6.92 Å². The van der Waals surface area contributed by atoms with E-state index < -0.39 is 0 Å². The van der Waals surface area contributed by atoms with Crippen molar-refractivity contribution in [3.8, 4) is 0 Å². The molecule has 0 heterocycles. The molecule has 2 rings (SSSR count). The zero-order chi connectivity index (χ0) is 12.3. The number of rotatable bonds is 2. The van der Waals surface area contributed by atoms with E-state index >= 15 is 0 Å². The number of benzene rings is 2. The number of hydrogen-bond donors (Lipinski definition) is 2. The zero-order valence-electron chi connectivity index (χ0n) is 9.72. The highest BCUT2D eigenvalue weighted by Crippen LogP contribution is 2.13. The van der Waals surface area contributed by atoms with Crippen LogP contribution in [-0.2, 0) is 0 Å². The molecule has 0 bridgehead atoms. The van der Waals surface area contributed by atoms with E-state index in [4.69, 9.17) is 11.6 Å². The second-order valence-electron chi connectivity index (χ2n) is 3.97. The van der Waals surface area contributed by atoms with Gasteiger partial charge in [-0.15, -0.1) is 0 Å². The highest BCUT2D eigenvalue weighted by atomic mass is 15.1. The fraction of sp³-hybridized carbons (Fsp3) is 0.0714. The van der Waals surface area contributed by atoms with Crippen LogP contribution in [0.1, 0.15) is 16.7 Å². The average Bonchev–Trinajstić information content (AvgIpc) is 2.35. The van der Waals surface area contributed by atoms with Crippen molar-refractivity contribution in [3.63, 3.8) is 0 Å². The number of anilines is 1. The molecule has 0 aromatic heterocycles. The van der Waals surface area contributed by atoms with Crippen LogP contribution in [0.5, 0.6) is 0 Å². The van der Waals surface area contributed by atoms with E-state index in [-0.39, 0.29) is 0 Å². The minimum atomic E-state index is 0.731. The molecule has 0 atom stereocenters. The van der Waals surface area contributed by atoms with Gasteiger partial charge >= 0.3 is 0 Å². The molecule has 86 valence electrons. The predicted octanol–water partition coefficient (Wildman–Crippen LogP) is 2.29. The first-order chi connectivity index (χ1) is 8.20. The fourth-order valence-electron chi connectivity index (χ4n) is 1.67. The van der Waals surface area contributed by atoms with Crippen molar-refractivity contribution in [2.24, 2.45) is 10.9 Å². The molecule has 0 fully saturated rings. The van der Waals surface area contributed by atoms with E-state index in [9.17, 15) is 0 Å². The van der Waals surface area contributed by atoms with Crippen molar-refractivity contribution in [3.05, 3.63) is 65.2 Å². The van der Waals surface area contributed by atoms with Gasteiger partial charge in [-0.25, -0.2) is 0 Å². The van der Waals surface area contributed by atoms with Crippen molar-refractivity contribution in [2.75, 3.05) is 5.73 Å². The Balaban J connectivity index is 2.41. The summed E-state index contributed by atoms with van der Waals surface area (Å²) in [4.78, 5) is 0. The van der Waals surface area contributed by atoms with Gasteiger partial charge in [-0.1, -0.05) is 42.0 Å². The molecule has 0 saturated heterocycles. The number of hydrogen-bond acceptors (Lipinski definition) is 3. The molecule has 3 nitrogen and oxygen atoms in total. The lowest BCUT2D eigenvalue weighted by molar-refractivity contribution is 1.24. The highest BCUT2D eigenvalue weighted by Gasteiger charge is 2.06. The van der Waals surface area contributed by atoms with Crippen molar-refractivity contribution in [1.29, 1.82) is 0 Å². The Morgan fingerprint density at radius 1 is 0.882 bits per heavy atom. The van der Waals surface area contributed by atoms with Crippen LogP contribution in [0.15, 0.2) is 53.6 Å². The van der Waals surface area contributed by atoms with Gasteiger partial charge < -0.3 is 11.6 Å². The number of nitrogens with two attached hydrogens (primary N) is 2. The third kappa shape index (κ3) is 2.45. The lowest BCUT2D eigenvalue weighted by atomic mass is 10.0. The van der Waals surface area contributed by atoms with Crippen LogP contribution in [0.3, 0.4) is 0 Å². The van der Waals surface area contributed by atoms with E-state index in [2.05, 4.69) is 5.10 Å². The van der Waals surface area contributed by atoms with Gasteiger partial charge in [0, 0.05) is 16.8 Å². The van der Waals surface area contributed by atoms with Crippen LogP contribution in [0.2, 0.25) is 0 Å². The summed E-state index contributed by atoms with van der Waals surface area (Å²) >= 11 is 0. The molecule has 3 heteroatoms. The molecule has 0 aliphatic carbocycles. The summed E-state index contributed by atoms with van der Waals surface area (Å²) < 4.78 is 0. The summed E-state index contributed by atoms with van der Waals surface area (Å²) in [5.41, 5.74) is 10.3. The van der Waals surface area contributed by atoms with Gasteiger partial charge in [0.1, 0.15) is 0 Å². The third-order valence-electron chi connectivity index (χ3n) is 2.64. The number of hydrazone groups is 1. The SMILES string of the molecule is Cc1ccc(C(=NN)c2ccc(N)cc2)cc1. The quantitative estimate of drug-likeness (QED) is 0.356. The van der Waals surface area contributed by atoms with Gasteiger partial charge in [-0.3, -0.25) is 0 Å². The molecular weight excluding hydrogens is 210 g/mol. The van der Waals surface area contributed by atoms with Gasteiger partial charge in [0.2, 0.25) is 0 Å². The summed E-state index contributed by atoms with van der Waals surface area (Å²) in [5, 5.41) is 3.86. The lowest BCUT2D eigenvalue weighted by Crippen LogP contribution is -2.06. The standard InChI is InChI=1S/C14H15N3/c1-10-2-4-11(5-3-10)14(17-16)12-6-8-13(15)9-7-12/h2-9H,15-16H2,1H3. The van der Waals surface area contributed by atoms with Gasteiger partial charge in [-0.2, -0.15) is 5.10 Å². The minimum Gasteiger partial charge on any atom is -0.399 e. The smallest absolute Gasteiger partial charge is 0.0971 e. The summed E-state index contributed by atoms with van der Waals surface area (Å²) in [6, 6.07) is 15.6. The van der Waals surface area contributed by atoms with Gasteiger partial charge in [0.05, 0.1) is 5.71 Å². The lowest BCUT2D eigenvalue weighted by Gasteiger charge is -2.06. The third-order valence-corrected chi connectivity index (χ3v) is 2.64. The normalized spacial score (nSPS) is 11.5. The molecular formula is C14H15N3. The first-order valence-electron chi connectivity index (χ1n) is 5.41. The molecule has 0 saturated carbocycles. The molecule has 2 aromatic carbocycles. The number of nitrogen functional groups attached to an aromatic ring is 1. The van der Waals surface area contributed by atoms with Gasteiger partial charge in [0.25, 0.3) is 0 Å². The fourth-order valence-corrected chi connectivity index (χ4v) is 1.67. The largest absolute Gasteiger partial charge is 0.399 e. The van der Waals surface area contributed by atoms with Crippen LogP contribution < -0.4 is 11.6 Å². The average molecular weight is 225 g/mol. The first kappa shape index (κ1) is 11.2. The minimum absolute atomic E-state index is 0.731. The maximum atomic E-state index is 5.66. The van der Waals surface area contributed by atoms with Crippen molar-refractivity contribution in [2.45, 2.75) is 6.92 Å². The maximum Gasteiger partial charge on any atom is 0.0971 e. The Morgan fingerprint density at radius 2 is 1.35 bits per heavy atom. The van der Waals surface area contributed by atoms with E-state index in [0.29, 0.717) is 0 Å². The van der Waals surface area contributed by atoms with Crippen LogP contribution >= 0.6 is 0 Å². The Kier molecular flexibility index (Phi) is 3.10. The molecule has 0 spiro atoms. The van der Waals surface area contributed by atoms with E-state index in [1.165, 1.54) is 5.56 Å². The second kappa shape index (κ2) is 4.70. The molecule has 0 amide bonds. The summed E-state index contributed by atoms with van der Waals surface area (Å²) in [7, 11) is 0. The Bertz CT molecular complexity index is 477. The van der Waals surface area contributed by atoms with E-state index in [0.717, 1.165) is 22.5 Å². The zero-order valence-corrected chi connectivity index (χ0v) is 9.72. The number of aryl methyl sites for hydroxylation is 1. The van der Waals surface area contributed by atoms with Crippen LogP contribution in [-0.4, -0.2) is 5.71 Å². The summed E-state index contributed by atoms with van der Waals surface area (Å²) in [6.07, 6.45) is 0. The molecule has 0 radical (unpaired) electrons. The van der Waals surface area contributed by atoms with E-state index in [1.54, 1.807) is 0 Å². The second-order valence-corrected chi connectivity index (χ2v) is 3.97. The summed E-state index contributed by atoms with van der Waals surface area (Å²) in [5.74, 6) is 5.47. The van der Waals surface area contributed by atoms with Gasteiger partial charge in [-0.05, 0) is 19.1 Å². The van der Waals surface area contributed by atoms with Crippen LogP contribution in [0.4, 0.5) is 5.69 Å². The van der Waals surface area contributed by atoms with E-state index in [1.807, 2.05) is 55.5 Å². The summed E-state index contributed by atoms with van der Waals surface area (Å²) in [6.45, 7) is 2.05. The molecule has 0 aliphatic heterocycles. The topological polar surface area (TPSA) is 64.4 Å². The molecule has 17 heavy (non-hydrogen) atoms. The Labute approximate surface area is 101 Å². The molecule has 0 unspecified atom stereocenters. The van der Waals surface area contributed by atoms with Crippen molar-refractivity contribution >= 4 is 11.4 Å². The molecule has 0 aliphatic rings. The Hall–Kier alpha value is -2.29. The first-order valence-corrected chi connectivity index (χ1v) is 5.41. The molecule has 2 aromatic rings. The highest BCUT2D eigenvalue weighted by molar-refractivity contribution is 6.12. The molecule has 4 N–H and O–H groups in total.